The first kappa shape index (κ1) is 19.5. The van der Waals surface area contributed by atoms with E-state index < -0.39 is 11.7 Å². The highest BCUT2D eigenvalue weighted by Crippen LogP contribution is 2.09. The van der Waals surface area contributed by atoms with E-state index in [4.69, 9.17) is 4.74 Å². The second-order valence-electron chi connectivity index (χ2n) is 7.10. The number of benzene rings is 2. The number of carbonyl (C=O) groups excluding carboxylic acids is 1. The van der Waals surface area contributed by atoms with Crippen LogP contribution in [0.1, 0.15) is 31.9 Å². The Labute approximate surface area is 156 Å². The molecular formula is C23H27NO2. The van der Waals surface area contributed by atoms with Crippen molar-refractivity contribution in [2.24, 2.45) is 0 Å². The van der Waals surface area contributed by atoms with Crippen molar-refractivity contribution in [1.82, 2.24) is 5.32 Å². The first-order valence-electron chi connectivity index (χ1n) is 8.86. The summed E-state index contributed by atoms with van der Waals surface area (Å²) in [7, 11) is 0. The molecule has 0 aliphatic carbocycles. The molecule has 0 heterocycles. The van der Waals surface area contributed by atoms with Gasteiger partial charge in [-0.3, -0.25) is 0 Å². The number of rotatable bonds is 6. The summed E-state index contributed by atoms with van der Waals surface area (Å²) in [6, 6.07) is 20.0. The maximum Gasteiger partial charge on any atom is 0.408 e. The number of carbonyl (C=O) groups is 1. The van der Waals surface area contributed by atoms with Gasteiger partial charge in [0.25, 0.3) is 0 Å². The smallest absolute Gasteiger partial charge is 0.408 e. The fourth-order valence-corrected chi connectivity index (χ4v) is 2.42. The van der Waals surface area contributed by atoms with Gasteiger partial charge in [-0.25, -0.2) is 4.79 Å². The van der Waals surface area contributed by atoms with E-state index in [1.165, 1.54) is 0 Å². The van der Waals surface area contributed by atoms with E-state index in [-0.39, 0.29) is 6.04 Å². The number of ether oxygens (including phenoxy) is 1. The predicted octanol–water partition coefficient (Wildman–Crippen LogP) is 5.39. The van der Waals surface area contributed by atoms with Crippen molar-refractivity contribution in [3.8, 4) is 0 Å². The third-order valence-electron chi connectivity index (χ3n) is 3.54. The zero-order valence-electron chi connectivity index (χ0n) is 15.7. The van der Waals surface area contributed by atoms with Crippen LogP contribution in [0.15, 0.2) is 78.9 Å². The topological polar surface area (TPSA) is 38.3 Å². The molecule has 0 aliphatic heterocycles. The van der Waals surface area contributed by atoms with Crippen LogP contribution in [0.4, 0.5) is 4.79 Å². The van der Waals surface area contributed by atoms with Gasteiger partial charge < -0.3 is 10.1 Å². The van der Waals surface area contributed by atoms with Crippen LogP contribution in [0.25, 0.3) is 6.08 Å². The summed E-state index contributed by atoms with van der Waals surface area (Å²) in [4.78, 5) is 12.1. The molecule has 26 heavy (non-hydrogen) atoms. The van der Waals surface area contributed by atoms with Crippen LogP contribution in [0.2, 0.25) is 0 Å². The first-order valence-corrected chi connectivity index (χ1v) is 8.86. The van der Waals surface area contributed by atoms with E-state index in [9.17, 15) is 4.79 Å². The molecule has 0 spiro atoms. The minimum atomic E-state index is -0.516. The molecule has 3 heteroatoms. The first-order chi connectivity index (χ1) is 12.4. The molecule has 2 rings (SSSR count). The van der Waals surface area contributed by atoms with Crippen LogP contribution in [-0.4, -0.2) is 17.7 Å². The van der Waals surface area contributed by atoms with Gasteiger partial charge in [-0.2, -0.15) is 0 Å². The van der Waals surface area contributed by atoms with Crippen molar-refractivity contribution in [2.45, 2.75) is 38.8 Å². The van der Waals surface area contributed by atoms with E-state index in [1.807, 2.05) is 93.6 Å². The molecule has 0 saturated carbocycles. The van der Waals surface area contributed by atoms with E-state index in [2.05, 4.69) is 17.4 Å². The normalized spacial score (nSPS) is 13.0. The number of hydrogen-bond acceptors (Lipinski definition) is 2. The van der Waals surface area contributed by atoms with E-state index in [0.717, 1.165) is 11.1 Å². The van der Waals surface area contributed by atoms with Crippen molar-refractivity contribution >= 4 is 12.2 Å². The molecule has 2 aromatic carbocycles. The second-order valence-corrected chi connectivity index (χ2v) is 7.10. The van der Waals surface area contributed by atoms with Crippen LogP contribution in [0, 0.1) is 0 Å². The lowest BCUT2D eigenvalue weighted by Gasteiger charge is -2.22. The maximum absolute atomic E-state index is 12.1. The molecule has 0 aromatic heterocycles. The molecule has 0 radical (unpaired) electrons. The van der Waals surface area contributed by atoms with Crippen molar-refractivity contribution in [3.05, 3.63) is 90.0 Å². The van der Waals surface area contributed by atoms with Gasteiger partial charge in [-0.15, -0.1) is 0 Å². The molecular weight excluding hydrogens is 322 g/mol. The van der Waals surface area contributed by atoms with Crippen LogP contribution in [0.3, 0.4) is 0 Å². The highest BCUT2D eigenvalue weighted by Gasteiger charge is 2.18. The fourth-order valence-electron chi connectivity index (χ4n) is 2.42. The van der Waals surface area contributed by atoms with Gasteiger partial charge in [0.15, 0.2) is 0 Å². The Kier molecular flexibility index (Phi) is 7.22. The number of hydrogen-bond donors (Lipinski definition) is 1. The Morgan fingerprint density at radius 2 is 1.62 bits per heavy atom. The molecule has 0 aliphatic rings. The standard InChI is InChI=1S/C23H27NO2/c1-23(2,3)26-22(25)24-21(18-20-15-8-5-9-16-20)17-11-10-14-19-12-6-4-7-13-19/h4-17,21H,18H2,1-3H3,(H,24,25)/b14-10+,17-11+/t21-/m1/s1. The zero-order chi connectivity index (χ0) is 18.8. The van der Waals surface area contributed by atoms with Gasteiger partial charge in [-0.05, 0) is 38.3 Å². The van der Waals surface area contributed by atoms with Gasteiger partial charge in [0.05, 0.1) is 6.04 Å². The Morgan fingerprint density at radius 3 is 2.23 bits per heavy atom. The number of allylic oxidation sites excluding steroid dienone is 2. The monoisotopic (exact) mass is 349 g/mol. The minimum absolute atomic E-state index is 0.146. The lowest BCUT2D eigenvalue weighted by molar-refractivity contribution is 0.0514. The molecule has 0 bridgehead atoms. The largest absolute Gasteiger partial charge is 0.444 e. The average Bonchev–Trinajstić information content (AvgIpc) is 2.59. The van der Waals surface area contributed by atoms with Crippen molar-refractivity contribution in [1.29, 1.82) is 0 Å². The van der Waals surface area contributed by atoms with Crippen molar-refractivity contribution < 1.29 is 9.53 Å². The summed E-state index contributed by atoms with van der Waals surface area (Å²) in [5.41, 5.74) is 1.78. The van der Waals surface area contributed by atoms with Gasteiger partial charge in [0.1, 0.15) is 5.60 Å². The van der Waals surface area contributed by atoms with E-state index in [0.29, 0.717) is 6.42 Å². The maximum atomic E-state index is 12.1. The number of alkyl carbamates (subject to hydrolysis) is 1. The molecule has 136 valence electrons. The van der Waals surface area contributed by atoms with Crippen molar-refractivity contribution in [2.75, 3.05) is 0 Å². The van der Waals surface area contributed by atoms with Gasteiger partial charge >= 0.3 is 6.09 Å². The highest BCUT2D eigenvalue weighted by atomic mass is 16.6. The lowest BCUT2D eigenvalue weighted by atomic mass is 10.1. The number of amides is 1. The summed E-state index contributed by atoms with van der Waals surface area (Å²) in [6.45, 7) is 5.58. The molecule has 1 atom stereocenters. The molecule has 3 nitrogen and oxygen atoms in total. The molecule has 0 unspecified atom stereocenters. The third kappa shape index (κ3) is 7.84. The van der Waals surface area contributed by atoms with Crippen LogP contribution < -0.4 is 5.32 Å². The Hall–Kier alpha value is -2.81. The molecule has 0 saturated heterocycles. The molecule has 2 aromatic rings. The van der Waals surface area contributed by atoms with Gasteiger partial charge in [0, 0.05) is 0 Å². The SMILES string of the molecule is CC(C)(C)OC(=O)N[C@H](/C=C/C=C/c1ccccc1)Cc1ccccc1. The Morgan fingerprint density at radius 1 is 1.00 bits per heavy atom. The molecule has 0 fully saturated rings. The quantitative estimate of drug-likeness (QED) is 0.710. The van der Waals surface area contributed by atoms with E-state index in [1.54, 1.807) is 0 Å². The van der Waals surface area contributed by atoms with E-state index >= 15 is 0 Å². The average molecular weight is 349 g/mol. The van der Waals surface area contributed by atoms with Gasteiger partial charge in [0.2, 0.25) is 0 Å². The summed E-state index contributed by atoms with van der Waals surface area (Å²) in [5.74, 6) is 0. The zero-order valence-corrected chi connectivity index (χ0v) is 15.7. The number of nitrogens with one attached hydrogen (secondary N) is 1. The Bertz CT molecular complexity index is 728. The van der Waals surface area contributed by atoms with Crippen LogP contribution >= 0.6 is 0 Å². The lowest BCUT2D eigenvalue weighted by Crippen LogP contribution is -2.39. The predicted molar refractivity (Wildman–Crippen MR) is 108 cm³/mol. The summed E-state index contributed by atoms with van der Waals surface area (Å²) in [6.07, 6.45) is 8.24. The van der Waals surface area contributed by atoms with Gasteiger partial charge in [-0.1, -0.05) is 85.0 Å². The highest BCUT2D eigenvalue weighted by molar-refractivity contribution is 5.68. The minimum Gasteiger partial charge on any atom is -0.444 e. The summed E-state index contributed by atoms with van der Waals surface area (Å²) in [5, 5.41) is 2.94. The molecule has 1 amide bonds. The third-order valence-corrected chi connectivity index (χ3v) is 3.54. The fraction of sp³-hybridized carbons (Fsp3) is 0.261. The summed E-state index contributed by atoms with van der Waals surface area (Å²) >= 11 is 0. The molecule has 1 N–H and O–H groups in total. The van der Waals surface area contributed by atoms with Crippen molar-refractivity contribution in [3.63, 3.8) is 0 Å². The summed E-state index contributed by atoms with van der Waals surface area (Å²) < 4.78 is 5.38. The van der Waals surface area contributed by atoms with Crippen LogP contribution in [0.5, 0.6) is 0 Å². The second kappa shape index (κ2) is 9.62. The van der Waals surface area contributed by atoms with Crippen LogP contribution in [-0.2, 0) is 11.2 Å². The Balaban J connectivity index is 2.03.